The standard InChI is InChI=1S/C29H37NO10/c1-15(36-24(31)16(2)37-26(33)40-27(3,4)5)25(32)38-19-10-11-29(34)20-14-17-8-9-18(35-7)22-21(17)28(29,23(19)39-22)12-13-30(20)6/h8-10,15-16,20,23,34H,11-14H2,1-7H3/t15-,16-,20-,23-,28-,29+/m0/s1. The summed E-state index contributed by atoms with van der Waals surface area (Å²) in [4.78, 5) is 39.7. The smallest absolute Gasteiger partial charge is 0.493 e. The first-order valence-corrected chi connectivity index (χ1v) is 13.5. The number of methoxy groups -OCH3 is 1. The molecular formula is C29H37NO10. The number of likely N-dealkylation sites (N-methyl/N-ethyl adjacent to an activating group) is 1. The molecule has 1 aromatic rings. The quantitative estimate of drug-likeness (QED) is 0.408. The molecule has 0 unspecified atom stereocenters. The van der Waals surface area contributed by atoms with Crippen LogP contribution in [-0.4, -0.2) is 84.4 Å². The van der Waals surface area contributed by atoms with Crippen LogP contribution in [0.1, 0.15) is 58.6 Å². The van der Waals surface area contributed by atoms with Crippen LogP contribution in [0.15, 0.2) is 24.0 Å². The first-order valence-electron chi connectivity index (χ1n) is 13.5. The lowest BCUT2D eigenvalue weighted by Crippen LogP contribution is -2.74. The number of hydrogen-bond acceptors (Lipinski definition) is 11. The lowest BCUT2D eigenvalue weighted by Gasteiger charge is -2.61. The van der Waals surface area contributed by atoms with Crippen molar-refractivity contribution in [1.82, 2.24) is 4.90 Å². The van der Waals surface area contributed by atoms with Crippen LogP contribution in [0.4, 0.5) is 4.79 Å². The molecule has 4 aliphatic rings. The van der Waals surface area contributed by atoms with Gasteiger partial charge in [0.15, 0.2) is 29.8 Å². The summed E-state index contributed by atoms with van der Waals surface area (Å²) in [7, 11) is 3.58. The number of aliphatic hydroxyl groups is 1. The summed E-state index contributed by atoms with van der Waals surface area (Å²) in [6, 6.07) is 3.74. The van der Waals surface area contributed by atoms with Crippen molar-refractivity contribution in [3.63, 3.8) is 0 Å². The lowest BCUT2D eigenvalue weighted by atomic mass is 9.50. The maximum Gasteiger partial charge on any atom is 0.509 e. The summed E-state index contributed by atoms with van der Waals surface area (Å²) in [5.74, 6) is -0.384. The van der Waals surface area contributed by atoms with E-state index in [2.05, 4.69) is 4.90 Å². The summed E-state index contributed by atoms with van der Waals surface area (Å²) < 4.78 is 33.1. The van der Waals surface area contributed by atoms with E-state index >= 15 is 0 Å². The Bertz CT molecular complexity index is 1270. The van der Waals surface area contributed by atoms with Crippen molar-refractivity contribution in [3.8, 4) is 11.5 Å². The molecular weight excluding hydrogens is 522 g/mol. The summed E-state index contributed by atoms with van der Waals surface area (Å²) in [5, 5.41) is 12.3. The highest BCUT2D eigenvalue weighted by Crippen LogP contribution is 2.65. The third-order valence-electron chi connectivity index (χ3n) is 8.40. The number of esters is 2. The maximum atomic E-state index is 13.1. The number of nitrogens with zero attached hydrogens (tertiary/aromatic N) is 1. The second-order valence-corrected chi connectivity index (χ2v) is 12.0. The third kappa shape index (κ3) is 4.30. The molecule has 5 rings (SSSR count). The lowest BCUT2D eigenvalue weighted by molar-refractivity contribution is -0.178. The Morgan fingerprint density at radius 3 is 2.50 bits per heavy atom. The van der Waals surface area contributed by atoms with Gasteiger partial charge in [0.2, 0.25) is 0 Å². The molecule has 40 heavy (non-hydrogen) atoms. The van der Waals surface area contributed by atoms with E-state index in [0.29, 0.717) is 24.3 Å². The van der Waals surface area contributed by atoms with Gasteiger partial charge in [-0.05, 0) is 78.8 Å². The Kier molecular flexibility index (Phi) is 6.81. The number of carbonyl (C=O) groups is 3. The number of hydrogen-bond donors (Lipinski definition) is 1. The molecule has 6 atom stereocenters. The zero-order valence-electron chi connectivity index (χ0n) is 23.9. The fourth-order valence-electron chi connectivity index (χ4n) is 6.57. The van der Waals surface area contributed by atoms with E-state index in [1.165, 1.54) is 13.8 Å². The van der Waals surface area contributed by atoms with Gasteiger partial charge in [-0.2, -0.15) is 0 Å². The van der Waals surface area contributed by atoms with Gasteiger partial charge in [0.25, 0.3) is 0 Å². The van der Waals surface area contributed by atoms with Crippen LogP contribution < -0.4 is 9.47 Å². The normalized spacial score (nSPS) is 29.6. The predicted octanol–water partition coefficient (Wildman–Crippen LogP) is 2.79. The number of likely N-dealkylation sites (tertiary alicyclic amines) is 1. The topological polar surface area (TPSA) is 130 Å². The molecule has 0 amide bonds. The van der Waals surface area contributed by atoms with Crippen LogP contribution in [0, 0.1) is 0 Å². The minimum atomic E-state index is -1.30. The molecule has 11 heteroatoms. The minimum absolute atomic E-state index is 0.140. The molecule has 11 nitrogen and oxygen atoms in total. The summed E-state index contributed by atoms with van der Waals surface area (Å²) in [5.41, 5.74) is -0.776. The predicted molar refractivity (Wildman–Crippen MR) is 140 cm³/mol. The van der Waals surface area contributed by atoms with Crippen LogP contribution in [-0.2, 0) is 40.4 Å². The van der Waals surface area contributed by atoms with Crippen LogP contribution in [0.3, 0.4) is 0 Å². The number of carbonyl (C=O) groups excluding carboxylic acids is 3. The Labute approximate surface area is 233 Å². The fraction of sp³-hybridized carbons (Fsp3) is 0.621. The number of piperidine rings is 1. The van der Waals surface area contributed by atoms with Crippen molar-refractivity contribution in [2.45, 2.75) is 94.9 Å². The first kappa shape index (κ1) is 28.2. The van der Waals surface area contributed by atoms with E-state index in [4.69, 9.17) is 28.4 Å². The molecule has 1 saturated heterocycles. The average molecular weight is 560 g/mol. The number of rotatable bonds is 6. The number of ether oxygens (including phenoxy) is 6. The molecule has 1 spiro atoms. The Balaban J connectivity index is 1.35. The van der Waals surface area contributed by atoms with Gasteiger partial charge >= 0.3 is 18.1 Å². The number of benzene rings is 1. The molecule has 2 aliphatic heterocycles. The van der Waals surface area contributed by atoms with E-state index in [-0.39, 0.29) is 18.2 Å². The van der Waals surface area contributed by atoms with E-state index < -0.39 is 53.0 Å². The van der Waals surface area contributed by atoms with Crippen molar-refractivity contribution in [2.75, 3.05) is 20.7 Å². The van der Waals surface area contributed by atoms with Crippen molar-refractivity contribution in [1.29, 1.82) is 0 Å². The summed E-state index contributed by atoms with van der Waals surface area (Å²) >= 11 is 0. The first-order chi connectivity index (χ1) is 18.7. The van der Waals surface area contributed by atoms with Gasteiger partial charge in [0.1, 0.15) is 11.4 Å². The molecule has 0 aromatic heterocycles. The van der Waals surface area contributed by atoms with Crippen LogP contribution in [0.5, 0.6) is 11.5 Å². The highest BCUT2D eigenvalue weighted by Gasteiger charge is 2.72. The Morgan fingerprint density at radius 2 is 1.82 bits per heavy atom. The Morgan fingerprint density at radius 1 is 1.12 bits per heavy atom. The van der Waals surface area contributed by atoms with Gasteiger partial charge in [-0.15, -0.1) is 0 Å². The summed E-state index contributed by atoms with van der Waals surface area (Å²) in [6.45, 7) is 8.42. The molecule has 2 heterocycles. The molecule has 2 aliphatic carbocycles. The molecule has 1 fully saturated rings. The largest absolute Gasteiger partial charge is 0.509 e. The van der Waals surface area contributed by atoms with Crippen LogP contribution in [0.2, 0.25) is 0 Å². The molecule has 0 saturated carbocycles. The van der Waals surface area contributed by atoms with E-state index in [1.807, 2.05) is 19.2 Å². The zero-order chi connectivity index (χ0) is 29.2. The Hall–Kier alpha value is -3.31. The van der Waals surface area contributed by atoms with Crippen molar-refractivity contribution in [3.05, 3.63) is 35.1 Å². The third-order valence-corrected chi connectivity index (χ3v) is 8.40. The highest BCUT2D eigenvalue weighted by atomic mass is 16.7. The fourth-order valence-corrected chi connectivity index (χ4v) is 6.57. The molecule has 1 N–H and O–H groups in total. The van der Waals surface area contributed by atoms with Gasteiger partial charge in [0.05, 0.1) is 18.1 Å². The molecule has 2 bridgehead atoms. The monoisotopic (exact) mass is 559 g/mol. The van der Waals surface area contributed by atoms with Crippen LogP contribution in [0.25, 0.3) is 0 Å². The minimum Gasteiger partial charge on any atom is -0.493 e. The van der Waals surface area contributed by atoms with E-state index in [0.717, 1.165) is 17.7 Å². The van der Waals surface area contributed by atoms with Gasteiger partial charge in [-0.25, -0.2) is 14.4 Å². The van der Waals surface area contributed by atoms with Gasteiger partial charge in [-0.1, -0.05) is 6.07 Å². The maximum absolute atomic E-state index is 13.1. The van der Waals surface area contributed by atoms with Gasteiger partial charge < -0.3 is 38.4 Å². The zero-order valence-corrected chi connectivity index (χ0v) is 23.9. The molecule has 0 radical (unpaired) electrons. The SMILES string of the molecule is COc1ccc2c3c1O[C@H]1C(OC(=O)[C@H](C)OC(=O)[C@H](C)OC(=O)OC(C)(C)C)=CC[C@@]4(O)[C@H](C2)N(C)CC[C@]314. The second kappa shape index (κ2) is 9.66. The van der Waals surface area contributed by atoms with Crippen molar-refractivity contribution < 1.29 is 47.9 Å². The van der Waals surface area contributed by atoms with E-state index in [1.54, 1.807) is 34.0 Å². The van der Waals surface area contributed by atoms with Crippen LogP contribution >= 0.6 is 0 Å². The average Bonchev–Trinajstić information content (AvgIpc) is 3.22. The second-order valence-electron chi connectivity index (χ2n) is 12.0. The van der Waals surface area contributed by atoms with Crippen molar-refractivity contribution in [2.24, 2.45) is 0 Å². The van der Waals surface area contributed by atoms with E-state index in [9.17, 15) is 19.5 Å². The van der Waals surface area contributed by atoms with Crippen molar-refractivity contribution >= 4 is 18.1 Å². The molecule has 1 aromatic carbocycles. The molecule has 218 valence electrons. The highest BCUT2D eigenvalue weighted by molar-refractivity contribution is 5.82. The van der Waals surface area contributed by atoms with Gasteiger partial charge in [0, 0.05) is 18.0 Å². The van der Waals surface area contributed by atoms with Gasteiger partial charge in [-0.3, -0.25) is 0 Å². The summed E-state index contributed by atoms with van der Waals surface area (Å²) in [6.07, 6.45) is -1.19.